The van der Waals surface area contributed by atoms with Crippen LogP contribution in [0.2, 0.25) is 5.02 Å². The number of halogens is 2. The van der Waals surface area contributed by atoms with Crippen molar-refractivity contribution in [3.63, 3.8) is 0 Å². The third-order valence-electron chi connectivity index (χ3n) is 3.00. The molecule has 1 aliphatic rings. The van der Waals surface area contributed by atoms with Crippen LogP contribution in [-0.4, -0.2) is 17.8 Å². The van der Waals surface area contributed by atoms with Gasteiger partial charge in [0.2, 0.25) is 0 Å². The van der Waals surface area contributed by atoms with E-state index in [2.05, 4.69) is 0 Å². The molecule has 1 saturated carbocycles. The lowest BCUT2D eigenvalue weighted by molar-refractivity contribution is -0.145. The van der Waals surface area contributed by atoms with Crippen LogP contribution in [-0.2, 0) is 9.53 Å². The van der Waals surface area contributed by atoms with Crippen LogP contribution in [0, 0.1) is 5.82 Å². The number of hydrogen-bond acceptors (Lipinski definition) is 4. The fourth-order valence-corrected chi connectivity index (χ4v) is 3.08. The summed E-state index contributed by atoms with van der Waals surface area (Å²) in [5.74, 6) is -0.667. The van der Waals surface area contributed by atoms with Gasteiger partial charge in [0.25, 0.3) is 0 Å². The van der Waals surface area contributed by atoms with Gasteiger partial charge in [-0.25, -0.2) is 4.39 Å². The van der Waals surface area contributed by atoms with Crippen molar-refractivity contribution in [1.29, 1.82) is 0 Å². The molecule has 2 rings (SSSR count). The monoisotopic (exact) mass is 303 g/mol. The Bertz CT molecular complexity index is 478. The van der Waals surface area contributed by atoms with Crippen molar-refractivity contribution in [3.05, 3.63) is 23.0 Å². The molecule has 6 heteroatoms. The molecule has 0 radical (unpaired) electrons. The zero-order valence-electron chi connectivity index (χ0n) is 10.3. The minimum Gasteiger partial charge on any atom is -0.462 e. The summed E-state index contributed by atoms with van der Waals surface area (Å²) in [6.07, 6.45) is 4.18. The van der Waals surface area contributed by atoms with E-state index in [0.29, 0.717) is 4.90 Å². The number of carbonyl (C=O) groups is 1. The van der Waals surface area contributed by atoms with Crippen LogP contribution in [0.5, 0.6) is 0 Å². The summed E-state index contributed by atoms with van der Waals surface area (Å²) in [6.45, 7) is 0. The molecule has 1 fully saturated rings. The maximum absolute atomic E-state index is 13.1. The van der Waals surface area contributed by atoms with Gasteiger partial charge in [-0.15, -0.1) is 11.8 Å². The first-order valence-corrected chi connectivity index (χ1v) is 7.49. The fourth-order valence-electron chi connectivity index (χ4n) is 2.02. The van der Waals surface area contributed by atoms with E-state index < -0.39 is 5.82 Å². The minimum atomic E-state index is -0.553. The fraction of sp³-hybridized carbons (Fsp3) is 0.462. The van der Waals surface area contributed by atoms with E-state index in [4.69, 9.17) is 22.1 Å². The van der Waals surface area contributed by atoms with Gasteiger partial charge in [0.15, 0.2) is 0 Å². The molecule has 1 aromatic carbocycles. The second kappa shape index (κ2) is 6.48. The Morgan fingerprint density at radius 2 is 2.16 bits per heavy atom. The molecule has 3 nitrogen and oxygen atoms in total. The molecule has 0 saturated heterocycles. The first-order valence-electron chi connectivity index (χ1n) is 6.13. The third kappa shape index (κ3) is 4.01. The molecule has 0 unspecified atom stereocenters. The smallest absolute Gasteiger partial charge is 0.316 e. The number of hydrogen-bond donors (Lipinski definition) is 1. The Hall–Kier alpha value is -0.940. The molecule has 1 aliphatic carbocycles. The number of rotatable bonds is 4. The van der Waals surface area contributed by atoms with Crippen molar-refractivity contribution in [2.24, 2.45) is 0 Å². The molecule has 0 atom stereocenters. The average molecular weight is 304 g/mol. The third-order valence-corrected chi connectivity index (χ3v) is 4.45. The highest BCUT2D eigenvalue weighted by Crippen LogP contribution is 2.31. The highest BCUT2D eigenvalue weighted by Gasteiger charge is 2.19. The Balaban J connectivity index is 1.87. The van der Waals surface area contributed by atoms with Crippen molar-refractivity contribution in [3.8, 4) is 0 Å². The standard InChI is InChI=1S/C13H15ClFNO2S/c14-9-5-10(15)11(16)6-12(9)19-7-13(17)18-8-3-1-2-4-8/h5-6,8H,1-4,7,16H2. The van der Waals surface area contributed by atoms with Crippen LogP contribution in [0.25, 0.3) is 0 Å². The zero-order valence-corrected chi connectivity index (χ0v) is 11.9. The van der Waals surface area contributed by atoms with Gasteiger partial charge < -0.3 is 10.5 Å². The molecule has 0 heterocycles. The van der Waals surface area contributed by atoms with E-state index in [1.165, 1.54) is 17.8 Å². The molecule has 2 N–H and O–H groups in total. The number of ether oxygens (including phenoxy) is 1. The van der Waals surface area contributed by atoms with Crippen LogP contribution in [0.4, 0.5) is 10.1 Å². The lowest BCUT2D eigenvalue weighted by Gasteiger charge is -2.11. The van der Waals surface area contributed by atoms with E-state index in [0.717, 1.165) is 31.7 Å². The lowest BCUT2D eigenvalue weighted by atomic mass is 10.3. The normalized spacial score (nSPS) is 15.7. The van der Waals surface area contributed by atoms with Crippen LogP contribution in [0.3, 0.4) is 0 Å². The molecule has 0 aliphatic heterocycles. The highest BCUT2D eigenvalue weighted by atomic mass is 35.5. The molecule has 19 heavy (non-hydrogen) atoms. The predicted molar refractivity (Wildman–Crippen MR) is 74.9 cm³/mol. The summed E-state index contributed by atoms with van der Waals surface area (Å²) < 4.78 is 18.4. The van der Waals surface area contributed by atoms with E-state index in [1.54, 1.807) is 0 Å². The van der Waals surface area contributed by atoms with Gasteiger partial charge in [-0.1, -0.05) is 11.6 Å². The van der Waals surface area contributed by atoms with E-state index in [1.807, 2.05) is 0 Å². The maximum Gasteiger partial charge on any atom is 0.316 e. The Morgan fingerprint density at radius 1 is 1.47 bits per heavy atom. The summed E-state index contributed by atoms with van der Waals surface area (Å²) in [6, 6.07) is 2.59. The Kier molecular flexibility index (Phi) is 4.93. The molecule has 104 valence electrons. The zero-order chi connectivity index (χ0) is 13.8. The van der Waals surface area contributed by atoms with Crippen LogP contribution < -0.4 is 5.73 Å². The topological polar surface area (TPSA) is 52.3 Å². The molecule has 0 aromatic heterocycles. The number of esters is 1. The average Bonchev–Trinajstić information content (AvgIpc) is 2.85. The first kappa shape index (κ1) is 14.5. The summed E-state index contributed by atoms with van der Waals surface area (Å²) in [5.41, 5.74) is 5.49. The van der Waals surface area contributed by atoms with E-state index >= 15 is 0 Å². The van der Waals surface area contributed by atoms with E-state index in [-0.39, 0.29) is 28.5 Å². The summed E-state index contributed by atoms with van der Waals surface area (Å²) >= 11 is 7.09. The second-order valence-electron chi connectivity index (χ2n) is 4.49. The van der Waals surface area contributed by atoms with Crippen molar-refractivity contribution in [1.82, 2.24) is 0 Å². The summed E-state index contributed by atoms with van der Waals surface area (Å²) in [5, 5.41) is 0.255. The molecular formula is C13H15ClFNO2S. The number of nitrogens with two attached hydrogens (primary N) is 1. The Morgan fingerprint density at radius 3 is 2.84 bits per heavy atom. The van der Waals surface area contributed by atoms with Gasteiger partial charge in [0.05, 0.1) is 16.5 Å². The van der Waals surface area contributed by atoms with Crippen molar-refractivity contribution in [2.75, 3.05) is 11.5 Å². The number of carbonyl (C=O) groups excluding carboxylic acids is 1. The number of thioether (sulfide) groups is 1. The summed E-state index contributed by atoms with van der Waals surface area (Å²) in [4.78, 5) is 12.2. The predicted octanol–water partition coefficient (Wildman–Crippen LogP) is 3.64. The Labute approximate surface area is 120 Å². The molecule has 0 amide bonds. The van der Waals surface area contributed by atoms with Gasteiger partial charge in [0, 0.05) is 4.90 Å². The SMILES string of the molecule is Nc1cc(SCC(=O)OC2CCCC2)c(Cl)cc1F. The molecule has 1 aromatic rings. The van der Waals surface area contributed by atoms with Gasteiger partial charge in [0.1, 0.15) is 11.9 Å². The van der Waals surface area contributed by atoms with E-state index in [9.17, 15) is 9.18 Å². The first-order chi connectivity index (χ1) is 9.06. The van der Waals surface area contributed by atoms with Crippen molar-refractivity contribution >= 4 is 35.0 Å². The van der Waals surface area contributed by atoms with Gasteiger partial charge >= 0.3 is 5.97 Å². The summed E-state index contributed by atoms with van der Waals surface area (Å²) in [7, 11) is 0. The highest BCUT2D eigenvalue weighted by molar-refractivity contribution is 8.00. The quantitative estimate of drug-likeness (QED) is 0.524. The molecule has 0 bridgehead atoms. The number of nitrogen functional groups attached to an aromatic ring is 1. The van der Waals surface area contributed by atoms with Crippen LogP contribution >= 0.6 is 23.4 Å². The lowest BCUT2D eigenvalue weighted by Crippen LogP contribution is -2.16. The number of anilines is 1. The van der Waals surface area contributed by atoms with Gasteiger partial charge in [-0.05, 0) is 37.8 Å². The van der Waals surface area contributed by atoms with Crippen molar-refractivity contribution < 1.29 is 13.9 Å². The number of benzene rings is 1. The van der Waals surface area contributed by atoms with Gasteiger partial charge in [-0.3, -0.25) is 4.79 Å². The largest absolute Gasteiger partial charge is 0.462 e. The molecule has 0 spiro atoms. The van der Waals surface area contributed by atoms with Crippen LogP contribution in [0.15, 0.2) is 17.0 Å². The van der Waals surface area contributed by atoms with Crippen LogP contribution in [0.1, 0.15) is 25.7 Å². The maximum atomic E-state index is 13.1. The van der Waals surface area contributed by atoms with Crippen molar-refractivity contribution in [2.45, 2.75) is 36.7 Å². The second-order valence-corrected chi connectivity index (χ2v) is 5.91. The minimum absolute atomic E-state index is 0.0241. The van der Waals surface area contributed by atoms with Gasteiger partial charge in [-0.2, -0.15) is 0 Å². The molecular weight excluding hydrogens is 289 g/mol.